The zero-order chi connectivity index (χ0) is 13.0. The first kappa shape index (κ1) is 13.3. The van der Waals surface area contributed by atoms with Crippen molar-refractivity contribution in [3.05, 3.63) is 24.1 Å². The van der Waals surface area contributed by atoms with Crippen LogP contribution in [0.3, 0.4) is 0 Å². The van der Waals surface area contributed by atoms with Gasteiger partial charge in [-0.2, -0.15) is 0 Å². The summed E-state index contributed by atoms with van der Waals surface area (Å²) >= 11 is 0. The molecular formula is C15H23FN2. The third-order valence-corrected chi connectivity index (χ3v) is 3.88. The predicted molar refractivity (Wildman–Crippen MR) is 73.0 cm³/mol. The maximum atomic E-state index is 12.8. The number of rotatable bonds is 5. The van der Waals surface area contributed by atoms with Crippen LogP contribution < -0.4 is 5.32 Å². The van der Waals surface area contributed by atoms with Crippen molar-refractivity contribution in [1.29, 1.82) is 0 Å². The molecule has 1 fully saturated rings. The van der Waals surface area contributed by atoms with Gasteiger partial charge in [0.05, 0.1) is 6.20 Å². The van der Waals surface area contributed by atoms with Crippen molar-refractivity contribution >= 4 is 5.82 Å². The van der Waals surface area contributed by atoms with E-state index in [-0.39, 0.29) is 5.82 Å². The lowest BCUT2D eigenvalue weighted by Gasteiger charge is -2.31. The number of hydrogen-bond donors (Lipinski definition) is 1. The first-order valence-corrected chi connectivity index (χ1v) is 6.95. The molecule has 1 aromatic heterocycles. The monoisotopic (exact) mass is 250 g/mol. The molecule has 1 saturated carbocycles. The van der Waals surface area contributed by atoms with Gasteiger partial charge in [0.25, 0.3) is 0 Å². The van der Waals surface area contributed by atoms with Crippen LogP contribution in [-0.2, 0) is 0 Å². The van der Waals surface area contributed by atoms with Crippen molar-refractivity contribution in [2.75, 3.05) is 11.9 Å². The maximum absolute atomic E-state index is 12.8. The average molecular weight is 250 g/mol. The smallest absolute Gasteiger partial charge is 0.141 e. The molecule has 0 spiro atoms. The zero-order valence-corrected chi connectivity index (χ0v) is 11.4. The van der Waals surface area contributed by atoms with Gasteiger partial charge in [-0.1, -0.05) is 26.7 Å². The SMILES string of the molecule is CC(C)CC1(CNc2ccc(F)cn2)CCCC1. The molecule has 2 rings (SSSR count). The lowest BCUT2D eigenvalue weighted by Crippen LogP contribution is -2.28. The van der Waals surface area contributed by atoms with Crippen LogP contribution in [-0.4, -0.2) is 11.5 Å². The topological polar surface area (TPSA) is 24.9 Å². The lowest BCUT2D eigenvalue weighted by atomic mass is 9.78. The molecule has 1 aliphatic carbocycles. The van der Waals surface area contributed by atoms with Crippen LogP contribution in [0.4, 0.5) is 10.2 Å². The molecule has 18 heavy (non-hydrogen) atoms. The molecule has 1 heterocycles. The quantitative estimate of drug-likeness (QED) is 0.845. The van der Waals surface area contributed by atoms with E-state index in [2.05, 4.69) is 24.1 Å². The van der Waals surface area contributed by atoms with Gasteiger partial charge in [-0.25, -0.2) is 9.37 Å². The second-order valence-electron chi connectivity index (χ2n) is 6.02. The Bertz CT molecular complexity index is 367. The molecule has 1 aromatic rings. The third-order valence-electron chi connectivity index (χ3n) is 3.88. The summed E-state index contributed by atoms with van der Waals surface area (Å²) in [5.41, 5.74) is 0.421. The third kappa shape index (κ3) is 3.44. The van der Waals surface area contributed by atoms with Crippen molar-refractivity contribution in [1.82, 2.24) is 4.98 Å². The Morgan fingerprint density at radius 2 is 2.06 bits per heavy atom. The van der Waals surface area contributed by atoms with Gasteiger partial charge in [0.2, 0.25) is 0 Å². The fourth-order valence-corrected chi connectivity index (χ4v) is 3.20. The normalized spacial score (nSPS) is 18.2. The number of nitrogens with one attached hydrogen (secondary N) is 1. The first-order chi connectivity index (χ1) is 8.60. The van der Waals surface area contributed by atoms with Crippen LogP contribution in [0, 0.1) is 17.2 Å². The van der Waals surface area contributed by atoms with Crippen LogP contribution in [0.15, 0.2) is 18.3 Å². The van der Waals surface area contributed by atoms with Crippen molar-refractivity contribution in [2.24, 2.45) is 11.3 Å². The van der Waals surface area contributed by atoms with Crippen LogP contribution >= 0.6 is 0 Å². The van der Waals surface area contributed by atoms with Crippen LogP contribution in [0.5, 0.6) is 0 Å². The van der Waals surface area contributed by atoms with E-state index in [1.807, 2.05) is 0 Å². The molecule has 0 aromatic carbocycles. The lowest BCUT2D eigenvalue weighted by molar-refractivity contribution is 0.252. The van der Waals surface area contributed by atoms with Gasteiger partial charge in [0, 0.05) is 6.54 Å². The average Bonchev–Trinajstić information content (AvgIpc) is 2.76. The summed E-state index contributed by atoms with van der Waals surface area (Å²) in [4.78, 5) is 4.06. The minimum absolute atomic E-state index is 0.279. The molecular weight excluding hydrogens is 227 g/mol. The van der Waals surface area contributed by atoms with E-state index < -0.39 is 0 Å². The summed E-state index contributed by atoms with van der Waals surface area (Å²) < 4.78 is 12.8. The standard InChI is InChI=1S/C15H23FN2/c1-12(2)9-15(7-3-4-8-15)11-18-14-6-5-13(16)10-17-14/h5-6,10,12H,3-4,7-9,11H2,1-2H3,(H,17,18). The summed E-state index contributed by atoms with van der Waals surface area (Å²) in [6, 6.07) is 3.17. The summed E-state index contributed by atoms with van der Waals surface area (Å²) in [5.74, 6) is 1.23. The number of pyridine rings is 1. The first-order valence-electron chi connectivity index (χ1n) is 6.95. The molecule has 0 saturated heterocycles. The number of halogens is 1. The highest BCUT2D eigenvalue weighted by Crippen LogP contribution is 2.43. The highest BCUT2D eigenvalue weighted by Gasteiger charge is 2.34. The van der Waals surface area contributed by atoms with E-state index in [9.17, 15) is 4.39 Å². The van der Waals surface area contributed by atoms with E-state index in [0.717, 1.165) is 18.3 Å². The second kappa shape index (κ2) is 5.68. The predicted octanol–water partition coefficient (Wildman–Crippen LogP) is 4.24. The van der Waals surface area contributed by atoms with E-state index in [1.165, 1.54) is 44.4 Å². The number of hydrogen-bond acceptors (Lipinski definition) is 2. The molecule has 1 aliphatic rings. The van der Waals surface area contributed by atoms with Gasteiger partial charge < -0.3 is 5.32 Å². The fourth-order valence-electron chi connectivity index (χ4n) is 3.20. The van der Waals surface area contributed by atoms with Crippen molar-refractivity contribution in [2.45, 2.75) is 46.0 Å². The molecule has 0 atom stereocenters. The Morgan fingerprint density at radius 1 is 1.33 bits per heavy atom. The Morgan fingerprint density at radius 3 is 2.61 bits per heavy atom. The fraction of sp³-hybridized carbons (Fsp3) is 0.667. The van der Waals surface area contributed by atoms with E-state index in [0.29, 0.717) is 5.41 Å². The minimum atomic E-state index is -0.279. The molecule has 2 nitrogen and oxygen atoms in total. The van der Waals surface area contributed by atoms with Gasteiger partial charge in [0.15, 0.2) is 0 Å². The molecule has 0 amide bonds. The van der Waals surface area contributed by atoms with E-state index in [4.69, 9.17) is 0 Å². The van der Waals surface area contributed by atoms with Crippen molar-refractivity contribution < 1.29 is 4.39 Å². The Kier molecular flexibility index (Phi) is 4.20. The number of anilines is 1. The molecule has 100 valence electrons. The minimum Gasteiger partial charge on any atom is -0.370 e. The van der Waals surface area contributed by atoms with Crippen molar-refractivity contribution in [3.63, 3.8) is 0 Å². The number of aromatic nitrogens is 1. The second-order valence-corrected chi connectivity index (χ2v) is 6.02. The summed E-state index contributed by atoms with van der Waals surface area (Å²) in [6.07, 6.45) is 7.82. The molecule has 0 bridgehead atoms. The molecule has 1 N–H and O–H groups in total. The van der Waals surface area contributed by atoms with E-state index in [1.54, 1.807) is 6.07 Å². The van der Waals surface area contributed by atoms with Gasteiger partial charge in [-0.15, -0.1) is 0 Å². The summed E-state index contributed by atoms with van der Waals surface area (Å²) in [7, 11) is 0. The van der Waals surface area contributed by atoms with E-state index >= 15 is 0 Å². The highest BCUT2D eigenvalue weighted by atomic mass is 19.1. The summed E-state index contributed by atoms with van der Waals surface area (Å²) in [6.45, 7) is 5.54. The highest BCUT2D eigenvalue weighted by molar-refractivity contribution is 5.33. The van der Waals surface area contributed by atoms with Gasteiger partial charge >= 0.3 is 0 Å². The van der Waals surface area contributed by atoms with Crippen LogP contribution in [0.25, 0.3) is 0 Å². The largest absolute Gasteiger partial charge is 0.370 e. The molecule has 0 radical (unpaired) electrons. The van der Waals surface area contributed by atoms with Gasteiger partial charge in [-0.3, -0.25) is 0 Å². The Hall–Kier alpha value is -1.12. The zero-order valence-electron chi connectivity index (χ0n) is 11.4. The maximum Gasteiger partial charge on any atom is 0.141 e. The molecule has 3 heteroatoms. The Balaban J connectivity index is 1.95. The molecule has 0 unspecified atom stereocenters. The van der Waals surface area contributed by atoms with Crippen molar-refractivity contribution in [3.8, 4) is 0 Å². The van der Waals surface area contributed by atoms with Crippen LogP contribution in [0.1, 0.15) is 46.0 Å². The molecule has 0 aliphatic heterocycles. The van der Waals surface area contributed by atoms with Gasteiger partial charge in [0.1, 0.15) is 11.6 Å². The summed E-state index contributed by atoms with van der Waals surface area (Å²) in [5, 5.41) is 3.38. The Labute approximate surface area is 109 Å². The van der Waals surface area contributed by atoms with Gasteiger partial charge in [-0.05, 0) is 42.7 Å². The number of nitrogens with zero attached hydrogens (tertiary/aromatic N) is 1. The van der Waals surface area contributed by atoms with Crippen LogP contribution in [0.2, 0.25) is 0 Å².